The minimum absolute atomic E-state index is 0.234. The molecule has 0 unspecified atom stereocenters. The molecule has 0 aromatic heterocycles. The van der Waals surface area contributed by atoms with Crippen LogP contribution in [0.1, 0.15) is 67.2 Å². The molecule has 0 aliphatic carbocycles. The van der Waals surface area contributed by atoms with E-state index in [0.29, 0.717) is 5.41 Å². The summed E-state index contributed by atoms with van der Waals surface area (Å²) in [4.78, 5) is 0. The Labute approximate surface area is 109 Å². The van der Waals surface area contributed by atoms with Crippen LogP contribution in [0.25, 0.3) is 0 Å². The zero-order chi connectivity index (χ0) is 13.4. The topological polar surface area (TPSA) is 24.1 Å². The molecule has 104 valence electrons. The molecule has 0 atom stereocenters. The molecule has 0 radical (unpaired) electrons. The maximum Gasteiger partial charge on any atom is 0.00970 e. The Hall–Kier alpha value is -0.0800. The van der Waals surface area contributed by atoms with Crippen LogP contribution < -0.4 is 10.6 Å². The Bertz CT molecular complexity index is 180. The van der Waals surface area contributed by atoms with Crippen LogP contribution in [-0.4, -0.2) is 25.2 Å². The zero-order valence-corrected chi connectivity index (χ0v) is 12.9. The van der Waals surface area contributed by atoms with E-state index in [9.17, 15) is 0 Å². The van der Waals surface area contributed by atoms with Crippen LogP contribution >= 0.6 is 0 Å². The van der Waals surface area contributed by atoms with E-state index in [4.69, 9.17) is 0 Å². The molecule has 0 aromatic rings. The first-order valence-electron chi connectivity index (χ1n) is 7.22. The first-order valence-corrected chi connectivity index (χ1v) is 7.22. The second kappa shape index (κ2) is 8.10. The van der Waals surface area contributed by atoms with E-state index in [1.54, 1.807) is 0 Å². The van der Waals surface area contributed by atoms with Crippen LogP contribution in [0.15, 0.2) is 0 Å². The molecule has 0 heterocycles. The molecule has 0 aliphatic heterocycles. The lowest BCUT2D eigenvalue weighted by Gasteiger charge is -2.26. The highest BCUT2D eigenvalue weighted by Gasteiger charge is 2.16. The number of hydrogen-bond acceptors (Lipinski definition) is 2. The molecule has 0 aliphatic rings. The second-order valence-electron chi connectivity index (χ2n) is 6.97. The van der Waals surface area contributed by atoms with Crippen molar-refractivity contribution >= 4 is 0 Å². The van der Waals surface area contributed by atoms with Crippen LogP contribution in [-0.2, 0) is 0 Å². The highest BCUT2D eigenvalue weighted by atomic mass is 15.0. The van der Waals surface area contributed by atoms with Gasteiger partial charge in [0, 0.05) is 25.2 Å². The molecule has 0 rings (SSSR count). The van der Waals surface area contributed by atoms with E-state index in [1.165, 1.54) is 25.7 Å². The summed E-state index contributed by atoms with van der Waals surface area (Å²) in [5.41, 5.74) is 0.676. The molecule has 0 spiro atoms. The smallest absolute Gasteiger partial charge is 0.00970 e. The van der Waals surface area contributed by atoms with Gasteiger partial charge in [-0.2, -0.15) is 0 Å². The number of unbranched alkanes of at least 4 members (excludes halogenated alkanes) is 2. The fraction of sp³-hybridized carbons (Fsp3) is 1.00. The van der Waals surface area contributed by atoms with E-state index in [1.807, 2.05) is 0 Å². The maximum absolute atomic E-state index is 3.56. The lowest BCUT2D eigenvalue weighted by Crippen LogP contribution is -2.41. The molecular formula is C15H34N2. The fourth-order valence-corrected chi connectivity index (χ4v) is 1.89. The summed E-state index contributed by atoms with van der Waals surface area (Å²) in [6.45, 7) is 16.9. The molecule has 0 aromatic carbocycles. The minimum Gasteiger partial charge on any atom is -0.315 e. The van der Waals surface area contributed by atoms with Gasteiger partial charge < -0.3 is 10.6 Å². The fourth-order valence-electron chi connectivity index (χ4n) is 1.89. The van der Waals surface area contributed by atoms with Crippen molar-refractivity contribution in [3.63, 3.8) is 0 Å². The van der Waals surface area contributed by atoms with Gasteiger partial charge in [0.15, 0.2) is 0 Å². The molecule has 0 amide bonds. The van der Waals surface area contributed by atoms with Gasteiger partial charge in [-0.1, -0.05) is 40.0 Å². The Morgan fingerprint density at radius 3 is 2.06 bits per heavy atom. The highest BCUT2D eigenvalue weighted by molar-refractivity contribution is 4.74. The van der Waals surface area contributed by atoms with Gasteiger partial charge >= 0.3 is 0 Å². The van der Waals surface area contributed by atoms with Crippen LogP contribution in [0.2, 0.25) is 0 Å². The van der Waals surface area contributed by atoms with Gasteiger partial charge in [-0.3, -0.25) is 0 Å². The molecule has 2 heteroatoms. The zero-order valence-electron chi connectivity index (χ0n) is 12.9. The van der Waals surface area contributed by atoms with Crippen molar-refractivity contribution in [3.8, 4) is 0 Å². The van der Waals surface area contributed by atoms with Crippen LogP contribution in [0.3, 0.4) is 0 Å². The minimum atomic E-state index is 0.234. The molecule has 0 saturated heterocycles. The predicted molar refractivity (Wildman–Crippen MR) is 78.5 cm³/mol. The van der Waals surface area contributed by atoms with Crippen LogP contribution in [0.5, 0.6) is 0 Å². The second-order valence-corrected chi connectivity index (χ2v) is 6.97. The van der Waals surface area contributed by atoms with Gasteiger partial charge in [0.05, 0.1) is 0 Å². The van der Waals surface area contributed by atoms with Crippen molar-refractivity contribution < 1.29 is 0 Å². The van der Waals surface area contributed by atoms with Gasteiger partial charge in [-0.15, -0.1) is 0 Å². The standard InChI is InChI=1S/C15H34N2/c1-7-8-9-10-15(5,6)13-16-11-12-17-14(2,3)4/h16-17H,7-13H2,1-6H3. The van der Waals surface area contributed by atoms with Crippen molar-refractivity contribution in [1.29, 1.82) is 0 Å². The Kier molecular flexibility index (Phi) is 8.06. The molecule has 0 bridgehead atoms. The summed E-state index contributed by atoms with van der Waals surface area (Å²) in [6, 6.07) is 0. The predicted octanol–water partition coefficient (Wildman–Crippen LogP) is 3.57. The van der Waals surface area contributed by atoms with E-state index < -0.39 is 0 Å². The molecule has 17 heavy (non-hydrogen) atoms. The molecule has 0 fully saturated rings. The number of rotatable bonds is 9. The lowest BCUT2D eigenvalue weighted by molar-refractivity contribution is 0.300. The van der Waals surface area contributed by atoms with Gasteiger partial charge in [-0.25, -0.2) is 0 Å². The first kappa shape index (κ1) is 16.9. The highest BCUT2D eigenvalue weighted by Crippen LogP contribution is 2.22. The normalized spacial score (nSPS) is 13.1. The average molecular weight is 242 g/mol. The average Bonchev–Trinajstić information content (AvgIpc) is 2.15. The van der Waals surface area contributed by atoms with E-state index in [2.05, 4.69) is 52.2 Å². The summed E-state index contributed by atoms with van der Waals surface area (Å²) in [5, 5.41) is 7.06. The molecular weight excluding hydrogens is 208 g/mol. The van der Waals surface area contributed by atoms with Crippen molar-refractivity contribution in [1.82, 2.24) is 10.6 Å². The summed E-state index contributed by atoms with van der Waals surface area (Å²) >= 11 is 0. The summed E-state index contributed by atoms with van der Waals surface area (Å²) in [7, 11) is 0. The third-order valence-corrected chi connectivity index (χ3v) is 3.02. The Morgan fingerprint density at radius 1 is 0.882 bits per heavy atom. The first-order chi connectivity index (χ1) is 7.77. The molecule has 0 saturated carbocycles. The maximum atomic E-state index is 3.56. The summed E-state index contributed by atoms with van der Waals surface area (Å²) in [5.74, 6) is 0. The van der Waals surface area contributed by atoms with E-state index in [0.717, 1.165) is 19.6 Å². The summed E-state index contributed by atoms with van der Waals surface area (Å²) < 4.78 is 0. The SMILES string of the molecule is CCCCCC(C)(C)CNCCNC(C)(C)C. The Balaban J connectivity index is 3.51. The molecule has 2 N–H and O–H groups in total. The summed E-state index contributed by atoms with van der Waals surface area (Å²) in [6.07, 6.45) is 5.39. The van der Waals surface area contributed by atoms with Gasteiger partial charge in [0.2, 0.25) is 0 Å². The third-order valence-electron chi connectivity index (χ3n) is 3.02. The van der Waals surface area contributed by atoms with E-state index >= 15 is 0 Å². The number of nitrogens with one attached hydrogen (secondary N) is 2. The largest absolute Gasteiger partial charge is 0.315 e. The van der Waals surface area contributed by atoms with Gasteiger partial charge in [-0.05, 0) is 32.6 Å². The van der Waals surface area contributed by atoms with Gasteiger partial charge in [0.25, 0.3) is 0 Å². The van der Waals surface area contributed by atoms with E-state index in [-0.39, 0.29) is 5.54 Å². The van der Waals surface area contributed by atoms with Crippen LogP contribution in [0, 0.1) is 5.41 Å². The molecule has 2 nitrogen and oxygen atoms in total. The van der Waals surface area contributed by atoms with Crippen molar-refractivity contribution in [3.05, 3.63) is 0 Å². The monoisotopic (exact) mass is 242 g/mol. The van der Waals surface area contributed by atoms with Crippen molar-refractivity contribution in [2.75, 3.05) is 19.6 Å². The Morgan fingerprint density at radius 2 is 1.53 bits per heavy atom. The van der Waals surface area contributed by atoms with Crippen LogP contribution in [0.4, 0.5) is 0 Å². The lowest BCUT2D eigenvalue weighted by atomic mass is 9.87. The van der Waals surface area contributed by atoms with Crippen molar-refractivity contribution in [2.45, 2.75) is 72.8 Å². The van der Waals surface area contributed by atoms with Crippen molar-refractivity contribution in [2.24, 2.45) is 5.41 Å². The quantitative estimate of drug-likeness (QED) is 0.604. The third kappa shape index (κ3) is 12.2. The van der Waals surface area contributed by atoms with Gasteiger partial charge in [0.1, 0.15) is 0 Å². The number of hydrogen-bond donors (Lipinski definition) is 2.